The van der Waals surface area contributed by atoms with Crippen LogP contribution < -0.4 is 16.4 Å². The minimum atomic E-state index is -0.743. The zero-order chi connectivity index (χ0) is 13.9. The van der Waals surface area contributed by atoms with Crippen molar-refractivity contribution in [1.29, 1.82) is 0 Å². The third-order valence-corrected chi connectivity index (χ3v) is 3.55. The topological polar surface area (TPSA) is 84.2 Å². The Bertz CT molecular complexity index is 362. The maximum absolute atomic E-state index is 12.1. The molecule has 18 heavy (non-hydrogen) atoms. The van der Waals surface area contributed by atoms with Crippen molar-refractivity contribution in [2.45, 2.75) is 39.7 Å². The highest BCUT2D eigenvalue weighted by Gasteiger charge is 2.50. The maximum atomic E-state index is 12.1. The Balaban J connectivity index is 2.50. The number of carbonyl (C=O) groups is 2. The molecule has 5 nitrogen and oxygen atoms in total. The molecule has 1 saturated carbocycles. The van der Waals surface area contributed by atoms with Crippen molar-refractivity contribution in [1.82, 2.24) is 10.6 Å². The molecule has 0 bridgehead atoms. The van der Waals surface area contributed by atoms with Gasteiger partial charge in [0.25, 0.3) is 0 Å². The van der Waals surface area contributed by atoms with Gasteiger partial charge in [-0.3, -0.25) is 9.59 Å². The number of hydrogen-bond donors (Lipinski definition) is 3. The van der Waals surface area contributed by atoms with E-state index in [4.69, 9.17) is 18.0 Å². The lowest BCUT2D eigenvalue weighted by Crippen LogP contribution is -2.57. The predicted molar refractivity (Wildman–Crippen MR) is 73.9 cm³/mol. The van der Waals surface area contributed by atoms with Crippen molar-refractivity contribution < 1.29 is 9.59 Å². The Kier molecular flexibility index (Phi) is 4.67. The molecule has 0 heterocycles. The number of rotatable bonds is 5. The third kappa shape index (κ3) is 3.19. The minimum Gasteiger partial charge on any atom is -0.392 e. The summed E-state index contributed by atoms with van der Waals surface area (Å²) in [5.41, 5.74) is 4.91. The lowest BCUT2D eigenvalue weighted by molar-refractivity contribution is -0.134. The molecule has 2 amide bonds. The third-order valence-electron chi connectivity index (χ3n) is 3.16. The van der Waals surface area contributed by atoms with E-state index in [0.717, 1.165) is 0 Å². The van der Waals surface area contributed by atoms with Gasteiger partial charge >= 0.3 is 0 Å². The second kappa shape index (κ2) is 5.65. The lowest BCUT2D eigenvalue weighted by atomic mass is 9.62. The van der Waals surface area contributed by atoms with Crippen LogP contribution in [0.2, 0.25) is 0 Å². The molecule has 0 aromatic rings. The molecule has 0 aromatic heterocycles. The summed E-state index contributed by atoms with van der Waals surface area (Å²) in [7, 11) is 0. The van der Waals surface area contributed by atoms with E-state index in [1.165, 1.54) is 0 Å². The Labute approximate surface area is 113 Å². The summed E-state index contributed by atoms with van der Waals surface area (Å²) in [6.07, 6.45) is 1.33. The summed E-state index contributed by atoms with van der Waals surface area (Å²) in [4.78, 5) is 23.7. The Hall–Kier alpha value is -1.17. The molecule has 0 saturated heterocycles. The van der Waals surface area contributed by atoms with Gasteiger partial charge in [0.2, 0.25) is 11.8 Å². The van der Waals surface area contributed by atoms with Crippen LogP contribution in [0.15, 0.2) is 0 Å². The van der Waals surface area contributed by atoms with Gasteiger partial charge in [-0.1, -0.05) is 19.1 Å². The van der Waals surface area contributed by atoms with Crippen LogP contribution in [-0.4, -0.2) is 29.4 Å². The molecule has 0 aliphatic heterocycles. The van der Waals surface area contributed by atoms with E-state index in [1.807, 2.05) is 13.8 Å². The number of nitrogens with one attached hydrogen (secondary N) is 2. The summed E-state index contributed by atoms with van der Waals surface area (Å²) in [6.45, 7) is 5.75. The minimum absolute atomic E-state index is 0.0320. The Morgan fingerprint density at radius 1 is 1.44 bits per heavy atom. The molecule has 4 N–H and O–H groups in total. The van der Waals surface area contributed by atoms with Crippen LogP contribution >= 0.6 is 12.2 Å². The van der Waals surface area contributed by atoms with Crippen LogP contribution in [0.4, 0.5) is 0 Å². The zero-order valence-electron chi connectivity index (χ0n) is 11.1. The zero-order valence-corrected chi connectivity index (χ0v) is 11.9. The summed E-state index contributed by atoms with van der Waals surface area (Å²) in [5, 5.41) is 5.32. The van der Waals surface area contributed by atoms with Crippen LogP contribution in [0.25, 0.3) is 0 Å². The molecule has 0 spiro atoms. The van der Waals surface area contributed by atoms with Gasteiger partial charge in [0.15, 0.2) is 0 Å². The van der Waals surface area contributed by atoms with Crippen LogP contribution in [0.3, 0.4) is 0 Å². The first-order valence-electron chi connectivity index (χ1n) is 6.15. The maximum Gasteiger partial charge on any atom is 0.239 e. The van der Waals surface area contributed by atoms with E-state index in [1.54, 1.807) is 0 Å². The van der Waals surface area contributed by atoms with E-state index in [-0.39, 0.29) is 29.4 Å². The number of thiocarbonyl (C=S) groups is 1. The van der Waals surface area contributed by atoms with Gasteiger partial charge in [0.05, 0.1) is 16.9 Å². The molecule has 0 atom stereocenters. The van der Waals surface area contributed by atoms with Crippen molar-refractivity contribution in [2.24, 2.45) is 17.1 Å². The Morgan fingerprint density at radius 2 is 2.00 bits per heavy atom. The quantitative estimate of drug-likeness (QED) is 0.629. The number of carbonyl (C=O) groups excluding carboxylic acids is 2. The van der Waals surface area contributed by atoms with Crippen LogP contribution in [0, 0.1) is 11.3 Å². The highest BCUT2D eigenvalue weighted by atomic mass is 32.1. The van der Waals surface area contributed by atoms with Crippen molar-refractivity contribution in [2.75, 3.05) is 6.54 Å². The van der Waals surface area contributed by atoms with Crippen LogP contribution in [0.1, 0.15) is 33.6 Å². The first kappa shape index (κ1) is 14.9. The molecule has 0 radical (unpaired) electrons. The van der Waals surface area contributed by atoms with E-state index in [0.29, 0.717) is 18.8 Å². The molecule has 1 rings (SSSR count). The molecule has 0 unspecified atom stereocenters. The fourth-order valence-corrected chi connectivity index (χ4v) is 2.59. The predicted octanol–water partition coefficient (Wildman–Crippen LogP) is 0.330. The molecule has 1 fully saturated rings. The fourth-order valence-electron chi connectivity index (χ4n) is 2.33. The van der Waals surface area contributed by atoms with Gasteiger partial charge in [-0.15, -0.1) is 0 Å². The standard InChI is InChI=1S/C12H21N3O2S/c1-7(2)15-9(16)6-14-11(17)12(10(13)18)4-8(3)5-12/h7-8H,4-6H2,1-3H3,(H2,13,18)(H,14,17)(H,15,16). The average molecular weight is 271 g/mol. The molecule has 102 valence electrons. The molecular formula is C12H21N3O2S. The van der Waals surface area contributed by atoms with E-state index in [2.05, 4.69) is 17.6 Å². The monoisotopic (exact) mass is 271 g/mol. The van der Waals surface area contributed by atoms with Gasteiger partial charge < -0.3 is 16.4 Å². The van der Waals surface area contributed by atoms with Gasteiger partial charge in [-0.25, -0.2) is 0 Å². The second-order valence-electron chi connectivity index (χ2n) is 5.36. The normalized spacial score (nSPS) is 26.3. The van der Waals surface area contributed by atoms with Crippen molar-refractivity contribution in [3.8, 4) is 0 Å². The number of hydrogen-bond acceptors (Lipinski definition) is 3. The molecule has 1 aliphatic carbocycles. The highest BCUT2D eigenvalue weighted by Crippen LogP contribution is 2.45. The summed E-state index contributed by atoms with van der Waals surface area (Å²) in [5.74, 6) is 0.0116. The lowest BCUT2D eigenvalue weighted by Gasteiger charge is -2.44. The highest BCUT2D eigenvalue weighted by molar-refractivity contribution is 7.80. The van der Waals surface area contributed by atoms with Gasteiger partial charge in [-0.05, 0) is 32.6 Å². The molecular weight excluding hydrogens is 250 g/mol. The first-order chi connectivity index (χ1) is 8.28. The van der Waals surface area contributed by atoms with Crippen LogP contribution in [-0.2, 0) is 9.59 Å². The van der Waals surface area contributed by atoms with E-state index < -0.39 is 5.41 Å². The summed E-state index contributed by atoms with van der Waals surface area (Å²) < 4.78 is 0. The summed E-state index contributed by atoms with van der Waals surface area (Å²) in [6, 6.07) is 0.0580. The SMILES string of the molecule is CC1CC(C(=O)NCC(=O)NC(C)C)(C(N)=S)C1. The van der Waals surface area contributed by atoms with Crippen molar-refractivity contribution in [3.05, 3.63) is 0 Å². The van der Waals surface area contributed by atoms with Gasteiger partial charge in [0, 0.05) is 6.04 Å². The van der Waals surface area contributed by atoms with Crippen LogP contribution in [0.5, 0.6) is 0 Å². The molecule has 1 aliphatic rings. The van der Waals surface area contributed by atoms with E-state index in [9.17, 15) is 9.59 Å². The molecule has 0 aromatic carbocycles. The first-order valence-corrected chi connectivity index (χ1v) is 6.56. The van der Waals surface area contributed by atoms with Crippen molar-refractivity contribution >= 4 is 29.0 Å². The second-order valence-corrected chi connectivity index (χ2v) is 5.80. The Morgan fingerprint density at radius 3 is 2.39 bits per heavy atom. The number of amides is 2. The van der Waals surface area contributed by atoms with E-state index >= 15 is 0 Å². The number of nitrogens with two attached hydrogens (primary N) is 1. The average Bonchev–Trinajstić information content (AvgIpc) is 2.19. The molecule has 6 heteroatoms. The van der Waals surface area contributed by atoms with Crippen molar-refractivity contribution in [3.63, 3.8) is 0 Å². The fraction of sp³-hybridized carbons (Fsp3) is 0.750. The van der Waals surface area contributed by atoms with Gasteiger partial charge in [0.1, 0.15) is 0 Å². The smallest absolute Gasteiger partial charge is 0.239 e. The summed E-state index contributed by atoms with van der Waals surface area (Å²) >= 11 is 4.98. The van der Waals surface area contributed by atoms with Gasteiger partial charge in [-0.2, -0.15) is 0 Å². The largest absolute Gasteiger partial charge is 0.392 e.